The number of Topliss-reactive ketones (excluding diaryl/α,β-unsaturated/α-hetero) is 1. The van der Waals surface area contributed by atoms with E-state index in [1.807, 2.05) is 6.92 Å². The second-order valence-corrected chi connectivity index (χ2v) is 7.73. The summed E-state index contributed by atoms with van der Waals surface area (Å²) in [6, 6.07) is 11.6. The van der Waals surface area contributed by atoms with Crippen molar-refractivity contribution in [2.75, 3.05) is 12.0 Å². The molecule has 162 valence electrons. The number of rotatable bonds is 4. The zero-order chi connectivity index (χ0) is 23.0. The summed E-state index contributed by atoms with van der Waals surface area (Å²) in [6.07, 6.45) is 3.04. The molecular formula is C24H19ClN2O5. The molecule has 8 heteroatoms. The van der Waals surface area contributed by atoms with E-state index in [1.165, 1.54) is 31.5 Å². The van der Waals surface area contributed by atoms with Gasteiger partial charge in [0.15, 0.2) is 0 Å². The number of aliphatic hydroxyl groups is 1. The summed E-state index contributed by atoms with van der Waals surface area (Å²) in [4.78, 5) is 31.5. The van der Waals surface area contributed by atoms with E-state index in [1.54, 1.807) is 36.5 Å². The molecule has 2 N–H and O–H groups in total. The molecule has 1 aromatic heterocycles. The maximum Gasteiger partial charge on any atom is 0.300 e. The number of ketones is 1. The van der Waals surface area contributed by atoms with Gasteiger partial charge in [-0.2, -0.15) is 0 Å². The monoisotopic (exact) mass is 450 g/mol. The fourth-order valence-corrected chi connectivity index (χ4v) is 3.94. The molecular weight excluding hydrogens is 432 g/mol. The Morgan fingerprint density at radius 1 is 1.16 bits per heavy atom. The van der Waals surface area contributed by atoms with Crippen molar-refractivity contribution in [2.45, 2.75) is 13.0 Å². The fraction of sp³-hybridized carbons (Fsp3) is 0.125. The number of phenolic OH excluding ortho intramolecular Hbond substituents is 1. The average molecular weight is 451 g/mol. The molecule has 0 bridgehead atoms. The largest absolute Gasteiger partial charge is 0.507 e. The van der Waals surface area contributed by atoms with Crippen LogP contribution in [0.5, 0.6) is 11.5 Å². The van der Waals surface area contributed by atoms with E-state index in [0.717, 1.165) is 10.5 Å². The smallest absolute Gasteiger partial charge is 0.300 e. The zero-order valence-electron chi connectivity index (χ0n) is 17.2. The third kappa shape index (κ3) is 3.56. The van der Waals surface area contributed by atoms with Crippen molar-refractivity contribution >= 4 is 34.7 Å². The molecule has 1 unspecified atom stereocenters. The molecule has 1 fully saturated rings. The molecule has 4 rings (SSSR count). The normalized spacial score (nSPS) is 17.6. The number of hydrogen-bond donors (Lipinski definition) is 2. The highest BCUT2D eigenvalue weighted by atomic mass is 35.5. The number of phenols is 1. The van der Waals surface area contributed by atoms with Gasteiger partial charge in [0, 0.05) is 17.4 Å². The van der Waals surface area contributed by atoms with Gasteiger partial charge in [-0.3, -0.25) is 19.5 Å². The highest BCUT2D eigenvalue weighted by molar-refractivity contribution is 6.52. The van der Waals surface area contributed by atoms with Crippen LogP contribution in [0.2, 0.25) is 5.02 Å². The predicted molar refractivity (Wildman–Crippen MR) is 120 cm³/mol. The minimum Gasteiger partial charge on any atom is -0.507 e. The minimum atomic E-state index is -1.04. The summed E-state index contributed by atoms with van der Waals surface area (Å²) >= 11 is 6.10. The van der Waals surface area contributed by atoms with Crippen molar-refractivity contribution in [2.24, 2.45) is 0 Å². The van der Waals surface area contributed by atoms with E-state index in [9.17, 15) is 19.8 Å². The maximum atomic E-state index is 13.2. The first-order chi connectivity index (χ1) is 15.3. The molecule has 0 radical (unpaired) electrons. The van der Waals surface area contributed by atoms with Crippen LogP contribution in [0.15, 0.2) is 66.5 Å². The number of pyridine rings is 1. The highest BCUT2D eigenvalue weighted by Gasteiger charge is 2.48. The number of ether oxygens (including phenoxy) is 1. The molecule has 1 atom stereocenters. The van der Waals surface area contributed by atoms with E-state index in [0.29, 0.717) is 11.3 Å². The number of amides is 1. The number of methoxy groups -OCH3 is 1. The molecule has 2 heterocycles. The predicted octanol–water partition coefficient (Wildman–Crippen LogP) is 4.38. The van der Waals surface area contributed by atoms with Crippen molar-refractivity contribution in [3.05, 3.63) is 88.2 Å². The highest BCUT2D eigenvalue weighted by Crippen LogP contribution is 2.46. The molecule has 2 aromatic carbocycles. The number of benzene rings is 2. The van der Waals surface area contributed by atoms with Crippen LogP contribution in [-0.2, 0) is 9.59 Å². The van der Waals surface area contributed by atoms with Gasteiger partial charge < -0.3 is 14.9 Å². The number of carbonyl (C=O) groups excluding carboxylic acids is 2. The standard InChI is InChI=1S/C24H19ClN2O5/c1-13-5-8-19(32-2)16(10-13)22(29)20-21(14-4-3-9-26-12-14)27(24(31)23(20)30)17-11-15(25)6-7-18(17)28/h3-12,21,28-29H,1-2H3/b22-20+. The van der Waals surface area contributed by atoms with Gasteiger partial charge in [0.2, 0.25) is 0 Å². The third-order valence-electron chi connectivity index (χ3n) is 5.25. The van der Waals surface area contributed by atoms with E-state index < -0.39 is 17.7 Å². The van der Waals surface area contributed by atoms with Gasteiger partial charge in [0.1, 0.15) is 17.3 Å². The van der Waals surface area contributed by atoms with Gasteiger partial charge in [-0.15, -0.1) is 0 Å². The molecule has 0 saturated carbocycles. The van der Waals surface area contributed by atoms with Crippen molar-refractivity contribution in [1.29, 1.82) is 0 Å². The summed E-state index contributed by atoms with van der Waals surface area (Å²) < 4.78 is 5.36. The Hall–Kier alpha value is -3.84. The fourth-order valence-electron chi connectivity index (χ4n) is 3.78. The van der Waals surface area contributed by atoms with Gasteiger partial charge in [-0.05, 0) is 48.9 Å². The van der Waals surface area contributed by atoms with Crippen LogP contribution in [0.3, 0.4) is 0 Å². The molecule has 7 nitrogen and oxygen atoms in total. The summed E-state index contributed by atoms with van der Waals surface area (Å²) in [5, 5.41) is 22.0. The Kier molecular flexibility index (Phi) is 5.59. The molecule has 1 aliphatic rings. The molecule has 32 heavy (non-hydrogen) atoms. The lowest BCUT2D eigenvalue weighted by atomic mass is 9.95. The second kappa shape index (κ2) is 8.36. The van der Waals surface area contributed by atoms with Crippen molar-refractivity contribution in [3.8, 4) is 11.5 Å². The molecule has 1 aliphatic heterocycles. The quantitative estimate of drug-likeness (QED) is 0.347. The third-order valence-corrected chi connectivity index (χ3v) is 5.49. The Labute approximate surface area is 189 Å². The van der Waals surface area contributed by atoms with E-state index in [2.05, 4.69) is 4.98 Å². The van der Waals surface area contributed by atoms with Crippen LogP contribution in [0, 0.1) is 6.92 Å². The molecule has 0 aliphatic carbocycles. The van der Waals surface area contributed by atoms with E-state index >= 15 is 0 Å². The number of hydrogen-bond acceptors (Lipinski definition) is 6. The van der Waals surface area contributed by atoms with Crippen LogP contribution < -0.4 is 9.64 Å². The minimum absolute atomic E-state index is 0.0451. The molecule has 1 amide bonds. The number of aliphatic hydroxyl groups excluding tert-OH is 1. The van der Waals surface area contributed by atoms with Crippen molar-refractivity contribution in [1.82, 2.24) is 4.98 Å². The lowest BCUT2D eigenvalue weighted by Crippen LogP contribution is -2.29. The summed E-state index contributed by atoms with van der Waals surface area (Å²) in [5.41, 5.74) is 1.47. The summed E-state index contributed by atoms with van der Waals surface area (Å²) in [6.45, 7) is 1.83. The number of anilines is 1. The first kappa shape index (κ1) is 21.4. The Bertz CT molecular complexity index is 1260. The van der Waals surface area contributed by atoms with E-state index in [-0.39, 0.29) is 33.4 Å². The molecule has 3 aromatic rings. The van der Waals surface area contributed by atoms with Gasteiger partial charge >= 0.3 is 0 Å². The van der Waals surface area contributed by atoms with Gasteiger partial charge in [0.05, 0.1) is 30.0 Å². The average Bonchev–Trinajstić information content (AvgIpc) is 3.06. The number of halogens is 1. The molecule has 1 saturated heterocycles. The maximum absolute atomic E-state index is 13.2. The Morgan fingerprint density at radius 2 is 1.94 bits per heavy atom. The van der Waals surface area contributed by atoms with Crippen molar-refractivity contribution < 1.29 is 24.5 Å². The Morgan fingerprint density at radius 3 is 2.62 bits per heavy atom. The van der Waals surface area contributed by atoms with E-state index in [4.69, 9.17) is 16.3 Å². The first-order valence-electron chi connectivity index (χ1n) is 9.68. The van der Waals surface area contributed by atoms with Crippen LogP contribution in [0.4, 0.5) is 5.69 Å². The summed E-state index contributed by atoms with van der Waals surface area (Å²) in [5.74, 6) is -2.10. The number of nitrogens with zero attached hydrogens (tertiary/aromatic N) is 2. The Balaban J connectivity index is 2.01. The van der Waals surface area contributed by atoms with Crippen LogP contribution in [-0.4, -0.2) is 34.0 Å². The SMILES string of the molecule is COc1ccc(C)cc1/C(O)=C1\C(=O)C(=O)N(c2cc(Cl)ccc2O)C1c1cccnc1. The lowest BCUT2D eigenvalue weighted by Gasteiger charge is -2.26. The number of carbonyl (C=O) groups is 2. The second-order valence-electron chi connectivity index (χ2n) is 7.29. The van der Waals surface area contributed by atoms with Crippen LogP contribution in [0.25, 0.3) is 5.76 Å². The lowest BCUT2D eigenvalue weighted by molar-refractivity contribution is -0.132. The van der Waals surface area contributed by atoms with Gasteiger partial charge in [0.25, 0.3) is 11.7 Å². The molecule has 0 spiro atoms. The van der Waals surface area contributed by atoms with Crippen molar-refractivity contribution in [3.63, 3.8) is 0 Å². The zero-order valence-corrected chi connectivity index (χ0v) is 18.0. The number of aryl methyl sites for hydroxylation is 1. The van der Waals surface area contributed by atoms with Gasteiger partial charge in [-0.25, -0.2) is 0 Å². The topological polar surface area (TPSA) is 100.0 Å². The van der Waals surface area contributed by atoms with Gasteiger partial charge in [-0.1, -0.05) is 29.3 Å². The summed E-state index contributed by atoms with van der Waals surface area (Å²) in [7, 11) is 1.45. The van der Waals surface area contributed by atoms with Crippen LogP contribution >= 0.6 is 11.6 Å². The van der Waals surface area contributed by atoms with Crippen LogP contribution in [0.1, 0.15) is 22.7 Å². The number of aromatic nitrogens is 1. The number of aromatic hydroxyl groups is 1. The first-order valence-corrected chi connectivity index (χ1v) is 10.1.